The maximum Gasteiger partial charge on any atom is 0.178 e. The lowest BCUT2D eigenvalue weighted by atomic mass is 10.1. The highest BCUT2D eigenvalue weighted by Gasteiger charge is 2.18. The van der Waals surface area contributed by atoms with Crippen molar-refractivity contribution in [1.82, 2.24) is 40.4 Å². The molecule has 3 N–H and O–H groups in total. The van der Waals surface area contributed by atoms with Gasteiger partial charge in [0, 0.05) is 36.3 Å². The topological polar surface area (TPSA) is 108 Å². The van der Waals surface area contributed by atoms with E-state index in [4.69, 9.17) is 9.97 Å². The Hall–Kier alpha value is -3.91. The Bertz CT molecular complexity index is 1400. The van der Waals surface area contributed by atoms with Crippen molar-refractivity contribution in [3.05, 3.63) is 60.7 Å². The fourth-order valence-electron chi connectivity index (χ4n) is 3.88. The van der Waals surface area contributed by atoms with E-state index in [1.807, 2.05) is 36.5 Å². The molecule has 0 spiro atoms. The zero-order valence-electron chi connectivity index (χ0n) is 16.1. The van der Waals surface area contributed by atoms with Gasteiger partial charge in [-0.2, -0.15) is 5.10 Å². The molecule has 6 heterocycles. The van der Waals surface area contributed by atoms with E-state index in [2.05, 4.69) is 36.5 Å². The van der Waals surface area contributed by atoms with Gasteiger partial charge in [-0.15, -0.1) is 0 Å². The van der Waals surface area contributed by atoms with Gasteiger partial charge < -0.3 is 10.3 Å². The molecule has 0 saturated heterocycles. The number of H-pyrrole nitrogens is 2. The zero-order chi connectivity index (χ0) is 19.9. The molecule has 30 heavy (non-hydrogen) atoms. The fraction of sp³-hybridized carbons (Fsp3) is 0.136. The van der Waals surface area contributed by atoms with Gasteiger partial charge in [0.05, 0.1) is 16.7 Å². The molecule has 5 aromatic rings. The Labute approximate surface area is 171 Å². The fourth-order valence-corrected chi connectivity index (χ4v) is 3.88. The van der Waals surface area contributed by atoms with E-state index in [0.29, 0.717) is 17.2 Å². The van der Waals surface area contributed by atoms with Crippen LogP contribution in [-0.2, 0) is 0 Å². The minimum Gasteiger partial charge on any atom is -0.335 e. The molecule has 0 bridgehead atoms. The van der Waals surface area contributed by atoms with Crippen molar-refractivity contribution >= 4 is 27.8 Å². The number of imidazole rings is 1. The average molecular weight is 394 g/mol. The number of fused-ring (bicyclic) bond motifs is 2. The summed E-state index contributed by atoms with van der Waals surface area (Å²) in [6, 6.07) is 9.97. The van der Waals surface area contributed by atoms with Crippen LogP contribution in [0.1, 0.15) is 12.1 Å². The molecule has 1 aliphatic rings. The molecule has 8 heteroatoms. The Morgan fingerprint density at radius 3 is 2.87 bits per heavy atom. The smallest absolute Gasteiger partial charge is 0.178 e. The summed E-state index contributed by atoms with van der Waals surface area (Å²) in [6.45, 7) is 1.84. The number of aromatic amines is 2. The van der Waals surface area contributed by atoms with Gasteiger partial charge in [0.2, 0.25) is 0 Å². The second-order valence-corrected chi connectivity index (χ2v) is 7.23. The molecule has 0 atom stereocenters. The summed E-state index contributed by atoms with van der Waals surface area (Å²) >= 11 is 0. The third-order valence-corrected chi connectivity index (χ3v) is 5.39. The Morgan fingerprint density at radius 2 is 2.00 bits per heavy atom. The lowest BCUT2D eigenvalue weighted by molar-refractivity contribution is 0.737. The number of nitrogens with zero attached hydrogens (tertiary/aromatic N) is 5. The Balaban J connectivity index is 1.50. The molecular weight excluding hydrogens is 376 g/mol. The van der Waals surface area contributed by atoms with E-state index in [0.717, 1.165) is 52.9 Å². The van der Waals surface area contributed by atoms with Gasteiger partial charge in [0.25, 0.3) is 0 Å². The highest BCUT2D eigenvalue weighted by Crippen LogP contribution is 2.30. The number of hydrogen-bond acceptors (Lipinski definition) is 6. The molecule has 0 aliphatic carbocycles. The second-order valence-electron chi connectivity index (χ2n) is 7.23. The van der Waals surface area contributed by atoms with Crippen LogP contribution in [0.25, 0.3) is 50.4 Å². The van der Waals surface area contributed by atoms with Crippen LogP contribution in [0.5, 0.6) is 0 Å². The molecule has 0 aromatic carbocycles. The van der Waals surface area contributed by atoms with Crippen molar-refractivity contribution in [3.63, 3.8) is 0 Å². The SMILES string of the molecule is C1=C(c2ccc3[nH]nc(-c4nc5nccc(-c6cccnc6)c5[nH]4)c3n2)CCNC1. The van der Waals surface area contributed by atoms with Gasteiger partial charge in [-0.25, -0.2) is 15.0 Å². The van der Waals surface area contributed by atoms with Crippen LogP contribution in [-0.4, -0.2) is 48.2 Å². The van der Waals surface area contributed by atoms with Crippen LogP contribution >= 0.6 is 0 Å². The number of hydrogen-bond donors (Lipinski definition) is 3. The van der Waals surface area contributed by atoms with Crippen LogP contribution < -0.4 is 5.32 Å². The quantitative estimate of drug-likeness (QED) is 0.433. The van der Waals surface area contributed by atoms with Crippen LogP contribution in [0.3, 0.4) is 0 Å². The molecule has 5 aromatic heterocycles. The lowest BCUT2D eigenvalue weighted by Crippen LogP contribution is -2.20. The normalized spacial score (nSPS) is 14.3. The van der Waals surface area contributed by atoms with Gasteiger partial charge in [0.15, 0.2) is 17.2 Å². The minimum absolute atomic E-state index is 0.639. The summed E-state index contributed by atoms with van der Waals surface area (Å²) in [5.74, 6) is 0.643. The van der Waals surface area contributed by atoms with E-state index in [-0.39, 0.29) is 0 Å². The molecule has 0 amide bonds. The lowest BCUT2D eigenvalue weighted by Gasteiger charge is -2.13. The predicted molar refractivity (Wildman–Crippen MR) is 115 cm³/mol. The van der Waals surface area contributed by atoms with Gasteiger partial charge in [-0.05, 0) is 42.8 Å². The largest absolute Gasteiger partial charge is 0.335 e. The number of rotatable bonds is 3. The molecule has 146 valence electrons. The van der Waals surface area contributed by atoms with Crippen molar-refractivity contribution in [2.24, 2.45) is 0 Å². The summed E-state index contributed by atoms with van der Waals surface area (Å²) < 4.78 is 0. The maximum atomic E-state index is 4.91. The highest BCUT2D eigenvalue weighted by molar-refractivity contribution is 5.94. The summed E-state index contributed by atoms with van der Waals surface area (Å²) in [4.78, 5) is 21.7. The van der Waals surface area contributed by atoms with Crippen molar-refractivity contribution in [1.29, 1.82) is 0 Å². The molecule has 0 unspecified atom stereocenters. The van der Waals surface area contributed by atoms with E-state index in [1.54, 1.807) is 12.4 Å². The van der Waals surface area contributed by atoms with Crippen molar-refractivity contribution in [2.45, 2.75) is 6.42 Å². The van der Waals surface area contributed by atoms with Gasteiger partial charge in [-0.3, -0.25) is 10.1 Å². The van der Waals surface area contributed by atoms with Crippen LogP contribution in [0.15, 0.2) is 55.0 Å². The first-order valence-corrected chi connectivity index (χ1v) is 9.87. The summed E-state index contributed by atoms with van der Waals surface area (Å²) in [5.41, 5.74) is 8.11. The van der Waals surface area contributed by atoms with E-state index in [1.165, 1.54) is 5.57 Å². The average Bonchev–Trinajstić information content (AvgIpc) is 3.43. The van der Waals surface area contributed by atoms with Crippen LogP contribution in [0, 0.1) is 0 Å². The molecule has 1 aliphatic heterocycles. The molecular formula is C22H18N8. The van der Waals surface area contributed by atoms with Crippen LogP contribution in [0.4, 0.5) is 0 Å². The first-order valence-electron chi connectivity index (χ1n) is 9.87. The number of pyridine rings is 3. The van der Waals surface area contributed by atoms with Gasteiger partial charge in [0.1, 0.15) is 5.52 Å². The highest BCUT2D eigenvalue weighted by atomic mass is 15.2. The van der Waals surface area contributed by atoms with E-state index < -0.39 is 0 Å². The Morgan fingerprint density at radius 1 is 1.00 bits per heavy atom. The molecule has 0 fully saturated rings. The first-order chi connectivity index (χ1) is 14.9. The summed E-state index contributed by atoms with van der Waals surface area (Å²) in [7, 11) is 0. The summed E-state index contributed by atoms with van der Waals surface area (Å²) in [6.07, 6.45) is 8.52. The van der Waals surface area contributed by atoms with Crippen LogP contribution in [0.2, 0.25) is 0 Å². The monoisotopic (exact) mass is 394 g/mol. The summed E-state index contributed by atoms with van der Waals surface area (Å²) in [5, 5.41) is 10.9. The van der Waals surface area contributed by atoms with Gasteiger partial charge >= 0.3 is 0 Å². The number of nitrogens with one attached hydrogen (secondary N) is 3. The van der Waals surface area contributed by atoms with Gasteiger partial charge in [-0.1, -0.05) is 12.1 Å². The van der Waals surface area contributed by atoms with E-state index in [9.17, 15) is 0 Å². The second kappa shape index (κ2) is 6.85. The molecule has 8 nitrogen and oxygen atoms in total. The van der Waals surface area contributed by atoms with Crippen molar-refractivity contribution in [2.75, 3.05) is 13.1 Å². The van der Waals surface area contributed by atoms with Crippen molar-refractivity contribution in [3.8, 4) is 22.6 Å². The van der Waals surface area contributed by atoms with E-state index >= 15 is 0 Å². The third-order valence-electron chi connectivity index (χ3n) is 5.39. The Kier molecular flexibility index (Phi) is 3.88. The maximum absolute atomic E-state index is 4.91. The standard InChI is InChI=1S/C22H18N8/c1-2-14(12-24-8-1)15-7-11-25-21-18(15)27-22(28-21)20-19-17(29-30-20)4-3-16(26-19)13-5-9-23-10-6-13/h1-5,7-8,11-12,23H,6,9-10H2,(H,29,30)(H,25,27,28). The molecule has 0 radical (unpaired) electrons. The molecule has 6 rings (SSSR count). The third kappa shape index (κ3) is 2.77. The minimum atomic E-state index is 0.639. The molecule has 0 saturated carbocycles. The number of aromatic nitrogens is 7. The zero-order valence-corrected chi connectivity index (χ0v) is 16.1. The van der Waals surface area contributed by atoms with Crippen molar-refractivity contribution < 1.29 is 0 Å². The first kappa shape index (κ1) is 17.0. The predicted octanol–water partition coefficient (Wildman–Crippen LogP) is 3.33.